The summed E-state index contributed by atoms with van der Waals surface area (Å²) >= 11 is 3.31. The summed E-state index contributed by atoms with van der Waals surface area (Å²) in [5, 5.41) is 17.1. The SMILES string of the molecule is C[C@H](O/N=C\c1cccc([N+](=O)[O-])c1)C(=O)Nc1ccc(Br)cc1. The maximum absolute atomic E-state index is 12.0. The Morgan fingerprint density at radius 2 is 2.04 bits per heavy atom. The summed E-state index contributed by atoms with van der Waals surface area (Å²) in [5.41, 5.74) is 1.10. The molecule has 7 nitrogen and oxygen atoms in total. The molecular formula is C16H14BrN3O4. The average molecular weight is 392 g/mol. The van der Waals surface area contributed by atoms with Crippen molar-refractivity contribution < 1.29 is 14.6 Å². The lowest BCUT2D eigenvalue weighted by Crippen LogP contribution is -2.26. The van der Waals surface area contributed by atoms with E-state index in [2.05, 4.69) is 26.4 Å². The number of nitro benzene ring substituents is 1. The Bertz CT molecular complexity index is 762. The Hall–Kier alpha value is -2.74. The Morgan fingerprint density at radius 1 is 1.33 bits per heavy atom. The highest BCUT2D eigenvalue weighted by Crippen LogP contribution is 2.15. The standard InChI is InChI=1S/C16H14BrN3O4/c1-11(16(21)19-14-7-5-13(17)6-8-14)24-18-10-12-3-2-4-15(9-12)20(22)23/h2-11H,1H3,(H,19,21)/b18-10-/t11-/m0/s1. The van der Waals surface area contributed by atoms with Crippen molar-refractivity contribution in [2.75, 3.05) is 5.32 Å². The second-order valence-electron chi connectivity index (χ2n) is 4.83. The zero-order valence-corrected chi connectivity index (χ0v) is 14.3. The smallest absolute Gasteiger partial charge is 0.270 e. The summed E-state index contributed by atoms with van der Waals surface area (Å²) < 4.78 is 0.909. The molecule has 0 fully saturated rings. The van der Waals surface area contributed by atoms with E-state index in [4.69, 9.17) is 4.84 Å². The molecule has 2 aromatic carbocycles. The number of non-ortho nitro benzene ring substituents is 1. The molecule has 2 aromatic rings. The number of carbonyl (C=O) groups is 1. The number of hydrogen-bond acceptors (Lipinski definition) is 5. The molecule has 8 heteroatoms. The minimum atomic E-state index is -0.816. The van der Waals surface area contributed by atoms with Gasteiger partial charge in [-0.15, -0.1) is 0 Å². The van der Waals surface area contributed by atoms with Gasteiger partial charge in [-0.1, -0.05) is 33.2 Å². The van der Waals surface area contributed by atoms with Crippen LogP contribution in [0.5, 0.6) is 0 Å². The summed E-state index contributed by atoms with van der Waals surface area (Å²) in [5.74, 6) is -0.353. The maximum Gasteiger partial charge on any atom is 0.270 e. The average Bonchev–Trinajstić information content (AvgIpc) is 2.57. The lowest BCUT2D eigenvalue weighted by Gasteiger charge is -2.10. The van der Waals surface area contributed by atoms with Gasteiger partial charge in [0.25, 0.3) is 11.6 Å². The predicted molar refractivity (Wildman–Crippen MR) is 94.0 cm³/mol. The fourth-order valence-electron chi connectivity index (χ4n) is 1.73. The molecule has 1 atom stereocenters. The van der Waals surface area contributed by atoms with Crippen LogP contribution in [0.2, 0.25) is 0 Å². The Balaban J connectivity index is 1.90. The minimum Gasteiger partial charge on any atom is -0.383 e. The number of carbonyl (C=O) groups excluding carboxylic acids is 1. The molecule has 0 aliphatic rings. The predicted octanol–water partition coefficient (Wildman–Crippen LogP) is 3.74. The fraction of sp³-hybridized carbons (Fsp3) is 0.125. The summed E-state index contributed by atoms with van der Waals surface area (Å²) in [6.45, 7) is 1.55. The maximum atomic E-state index is 12.0. The number of nitro groups is 1. The summed E-state index contributed by atoms with van der Waals surface area (Å²) in [6, 6.07) is 13.0. The van der Waals surface area contributed by atoms with Crippen molar-refractivity contribution in [2.45, 2.75) is 13.0 Å². The highest BCUT2D eigenvalue weighted by Gasteiger charge is 2.14. The number of amides is 1. The first-order valence-corrected chi connectivity index (χ1v) is 7.75. The molecule has 24 heavy (non-hydrogen) atoms. The third-order valence-electron chi connectivity index (χ3n) is 2.98. The second kappa shape index (κ2) is 8.21. The van der Waals surface area contributed by atoms with Crippen LogP contribution in [0.1, 0.15) is 12.5 Å². The number of nitrogens with zero attached hydrogens (tertiary/aromatic N) is 2. The number of hydrogen-bond donors (Lipinski definition) is 1. The lowest BCUT2D eigenvalue weighted by molar-refractivity contribution is -0.384. The van der Waals surface area contributed by atoms with E-state index in [1.54, 1.807) is 31.2 Å². The van der Waals surface area contributed by atoms with Crippen molar-refractivity contribution in [3.8, 4) is 0 Å². The van der Waals surface area contributed by atoms with Crippen LogP contribution in [0.15, 0.2) is 58.2 Å². The van der Waals surface area contributed by atoms with E-state index in [0.717, 1.165) is 4.47 Å². The van der Waals surface area contributed by atoms with Crippen LogP contribution >= 0.6 is 15.9 Å². The van der Waals surface area contributed by atoms with Crippen LogP contribution in [0.25, 0.3) is 0 Å². The fourth-order valence-corrected chi connectivity index (χ4v) is 1.99. The number of nitrogens with one attached hydrogen (secondary N) is 1. The zero-order valence-electron chi connectivity index (χ0n) is 12.7. The van der Waals surface area contributed by atoms with Crippen molar-refractivity contribution in [3.63, 3.8) is 0 Å². The number of oxime groups is 1. The summed E-state index contributed by atoms with van der Waals surface area (Å²) in [4.78, 5) is 27.3. The molecule has 2 rings (SSSR count). The normalized spacial score (nSPS) is 11.9. The topological polar surface area (TPSA) is 93.8 Å². The van der Waals surface area contributed by atoms with Gasteiger partial charge in [0.15, 0.2) is 0 Å². The van der Waals surface area contributed by atoms with Crippen molar-refractivity contribution in [1.82, 2.24) is 0 Å². The molecule has 0 saturated heterocycles. The zero-order chi connectivity index (χ0) is 17.5. The quantitative estimate of drug-likeness (QED) is 0.461. The van der Waals surface area contributed by atoms with Gasteiger partial charge < -0.3 is 10.2 Å². The van der Waals surface area contributed by atoms with E-state index in [1.807, 2.05) is 12.1 Å². The highest BCUT2D eigenvalue weighted by molar-refractivity contribution is 9.10. The van der Waals surface area contributed by atoms with Crippen LogP contribution in [0.4, 0.5) is 11.4 Å². The Morgan fingerprint density at radius 3 is 2.71 bits per heavy atom. The second-order valence-corrected chi connectivity index (χ2v) is 5.75. The van der Waals surface area contributed by atoms with E-state index in [-0.39, 0.29) is 11.6 Å². The molecule has 0 radical (unpaired) electrons. The first kappa shape index (κ1) is 17.6. The van der Waals surface area contributed by atoms with E-state index < -0.39 is 11.0 Å². The molecule has 1 N–H and O–H groups in total. The monoisotopic (exact) mass is 391 g/mol. The van der Waals surface area contributed by atoms with Gasteiger partial charge in [-0.2, -0.15) is 0 Å². The molecule has 0 saturated carbocycles. The molecule has 0 spiro atoms. The number of benzene rings is 2. The Kier molecular flexibility index (Phi) is 6.02. The first-order valence-electron chi connectivity index (χ1n) is 6.96. The molecule has 0 aromatic heterocycles. The van der Waals surface area contributed by atoms with Gasteiger partial charge in [0, 0.05) is 27.9 Å². The number of halogens is 1. The highest BCUT2D eigenvalue weighted by atomic mass is 79.9. The van der Waals surface area contributed by atoms with Gasteiger partial charge in [-0.3, -0.25) is 14.9 Å². The largest absolute Gasteiger partial charge is 0.383 e. The number of rotatable bonds is 6. The first-order chi connectivity index (χ1) is 11.5. The van der Waals surface area contributed by atoms with Gasteiger partial charge in [0.1, 0.15) is 0 Å². The van der Waals surface area contributed by atoms with Crippen LogP contribution < -0.4 is 5.32 Å². The van der Waals surface area contributed by atoms with Crippen molar-refractivity contribution in [1.29, 1.82) is 0 Å². The van der Waals surface area contributed by atoms with E-state index in [1.165, 1.54) is 18.3 Å². The van der Waals surface area contributed by atoms with Gasteiger partial charge in [-0.25, -0.2) is 0 Å². The van der Waals surface area contributed by atoms with Crippen LogP contribution in [0, 0.1) is 10.1 Å². The van der Waals surface area contributed by atoms with Gasteiger partial charge in [-0.05, 0) is 31.2 Å². The molecular weight excluding hydrogens is 378 g/mol. The molecule has 0 unspecified atom stereocenters. The lowest BCUT2D eigenvalue weighted by atomic mass is 10.2. The third-order valence-corrected chi connectivity index (χ3v) is 3.51. The third kappa shape index (κ3) is 5.17. The van der Waals surface area contributed by atoms with Gasteiger partial charge >= 0.3 is 0 Å². The summed E-state index contributed by atoms with van der Waals surface area (Å²) in [7, 11) is 0. The van der Waals surface area contributed by atoms with Crippen molar-refractivity contribution >= 4 is 39.4 Å². The molecule has 1 amide bonds. The number of anilines is 1. The Labute approximate surface area is 146 Å². The van der Waals surface area contributed by atoms with Crippen LogP contribution in [-0.4, -0.2) is 23.1 Å². The van der Waals surface area contributed by atoms with Crippen LogP contribution in [-0.2, 0) is 9.63 Å². The van der Waals surface area contributed by atoms with Crippen LogP contribution in [0.3, 0.4) is 0 Å². The van der Waals surface area contributed by atoms with E-state index in [0.29, 0.717) is 11.3 Å². The van der Waals surface area contributed by atoms with Gasteiger partial charge in [0.05, 0.1) is 11.1 Å². The minimum absolute atomic E-state index is 0.0417. The van der Waals surface area contributed by atoms with E-state index >= 15 is 0 Å². The van der Waals surface area contributed by atoms with Crippen molar-refractivity contribution in [2.24, 2.45) is 5.16 Å². The van der Waals surface area contributed by atoms with Crippen molar-refractivity contribution in [3.05, 3.63) is 68.7 Å². The molecule has 0 bridgehead atoms. The molecule has 124 valence electrons. The molecule has 0 aliphatic carbocycles. The van der Waals surface area contributed by atoms with E-state index in [9.17, 15) is 14.9 Å². The molecule has 0 aliphatic heterocycles. The van der Waals surface area contributed by atoms with Gasteiger partial charge in [0.2, 0.25) is 6.10 Å². The molecule has 0 heterocycles. The summed E-state index contributed by atoms with van der Waals surface area (Å²) in [6.07, 6.45) is 0.500.